The summed E-state index contributed by atoms with van der Waals surface area (Å²) in [6.45, 7) is 5.83. The van der Waals surface area contributed by atoms with E-state index in [1.54, 1.807) is 11.3 Å². The van der Waals surface area contributed by atoms with Gasteiger partial charge in [-0.1, -0.05) is 12.8 Å². The van der Waals surface area contributed by atoms with E-state index in [-0.39, 0.29) is 16.7 Å². The van der Waals surface area contributed by atoms with E-state index in [1.807, 2.05) is 20.8 Å². The molecule has 0 fully saturated rings. The van der Waals surface area contributed by atoms with Crippen molar-refractivity contribution in [2.75, 3.05) is 5.32 Å². The molecule has 0 saturated carbocycles. The maximum atomic E-state index is 12.7. The van der Waals surface area contributed by atoms with Gasteiger partial charge in [0, 0.05) is 9.75 Å². The molecular weight excluding hydrogens is 436 g/mol. The van der Waals surface area contributed by atoms with Crippen molar-refractivity contribution in [3.05, 3.63) is 37.2 Å². The molecule has 2 N–H and O–H groups in total. The molecule has 0 aromatic carbocycles. The molecule has 0 spiro atoms. The molecule has 0 saturated heterocycles. The van der Waals surface area contributed by atoms with Crippen molar-refractivity contribution < 1.29 is 4.79 Å². The Hall–Kier alpha value is -1.71. The molecule has 3 aromatic rings. The number of thiazole rings is 1. The largest absolute Gasteiger partial charge is 0.309 e. The van der Waals surface area contributed by atoms with Crippen LogP contribution in [-0.4, -0.2) is 26.1 Å². The van der Waals surface area contributed by atoms with Gasteiger partial charge in [-0.2, -0.15) is 0 Å². The van der Waals surface area contributed by atoms with Gasteiger partial charge in [-0.3, -0.25) is 9.59 Å². The van der Waals surface area contributed by atoms with Crippen molar-refractivity contribution in [2.45, 2.75) is 70.3 Å². The minimum absolute atomic E-state index is 0.0621. The Morgan fingerprint density at radius 3 is 2.73 bits per heavy atom. The van der Waals surface area contributed by atoms with E-state index in [0.717, 1.165) is 33.8 Å². The second-order valence-corrected chi connectivity index (χ2v) is 11.3. The van der Waals surface area contributed by atoms with Crippen LogP contribution in [-0.2, 0) is 23.4 Å². The van der Waals surface area contributed by atoms with Gasteiger partial charge in [-0.25, -0.2) is 9.97 Å². The Kier molecular flexibility index (Phi) is 6.60. The fourth-order valence-corrected chi connectivity index (χ4v) is 6.47. The van der Waals surface area contributed by atoms with Crippen molar-refractivity contribution in [1.82, 2.24) is 15.0 Å². The van der Waals surface area contributed by atoms with Gasteiger partial charge in [0.05, 0.1) is 22.1 Å². The average molecular weight is 463 g/mol. The summed E-state index contributed by atoms with van der Waals surface area (Å²) >= 11 is 4.62. The van der Waals surface area contributed by atoms with Gasteiger partial charge in [0.1, 0.15) is 10.7 Å². The van der Waals surface area contributed by atoms with E-state index in [1.165, 1.54) is 53.7 Å². The molecule has 1 aliphatic rings. The zero-order valence-corrected chi connectivity index (χ0v) is 19.9. The first-order chi connectivity index (χ1) is 14.4. The highest BCUT2D eigenvalue weighted by Gasteiger charge is 2.19. The minimum atomic E-state index is -0.274. The van der Waals surface area contributed by atoms with Crippen LogP contribution in [0.15, 0.2) is 4.79 Å². The molecular formula is C21H26N4O2S3. The van der Waals surface area contributed by atoms with Gasteiger partial charge in [0.2, 0.25) is 5.91 Å². The molecule has 1 aliphatic carbocycles. The van der Waals surface area contributed by atoms with Gasteiger partial charge in [0.15, 0.2) is 5.13 Å². The first kappa shape index (κ1) is 21.5. The number of amides is 1. The van der Waals surface area contributed by atoms with E-state index in [9.17, 15) is 9.59 Å². The van der Waals surface area contributed by atoms with Crippen molar-refractivity contribution in [2.24, 2.45) is 0 Å². The highest BCUT2D eigenvalue weighted by Crippen LogP contribution is 2.30. The summed E-state index contributed by atoms with van der Waals surface area (Å²) in [7, 11) is 0. The third-order valence-corrected chi connectivity index (χ3v) is 8.83. The SMILES string of the molecule is Cc1sc2nc(CSC(C)C(=O)Nc3nc4c(s3)CCCCCC4)[nH]c(=O)c2c1C. The predicted molar refractivity (Wildman–Crippen MR) is 127 cm³/mol. The summed E-state index contributed by atoms with van der Waals surface area (Å²) in [6.07, 6.45) is 6.99. The Labute approximate surface area is 187 Å². The summed E-state index contributed by atoms with van der Waals surface area (Å²) < 4.78 is 0. The number of thiophene rings is 1. The smallest absolute Gasteiger partial charge is 0.259 e. The molecule has 0 radical (unpaired) electrons. The average Bonchev–Trinajstić information content (AvgIpc) is 3.19. The molecule has 6 nitrogen and oxygen atoms in total. The van der Waals surface area contributed by atoms with Crippen LogP contribution in [0.1, 0.15) is 59.4 Å². The Morgan fingerprint density at radius 1 is 1.17 bits per heavy atom. The van der Waals surface area contributed by atoms with Gasteiger partial charge in [-0.05, 0) is 52.0 Å². The molecule has 0 bridgehead atoms. The van der Waals surface area contributed by atoms with E-state index in [0.29, 0.717) is 22.1 Å². The third kappa shape index (κ3) is 4.63. The van der Waals surface area contributed by atoms with Crippen LogP contribution in [0.5, 0.6) is 0 Å². The van der Waals surface area contributed by atoms with Crippen LogP contribution < -0.4 is 10.9 Å². The number of carbonyl (C=O) groups excluding carboxylic acids is 1. The summed E-state index contributed by atoms with van der Waals surface area (Å²) in [4.78, 5) is 40.4. The van der Waals surface area contributed by atoms with E-state index >= 15 is 0 Å². The Balaban J connectivity index is 1.39. The van der Waals surface area contributed by atoms with Crippen LogP contribution >= 0.6 is 34.4 Å². The van der Waals surface area contributed by atoms with Crippen LogP contribution in [0.3, 0.4) is 0 Å². The van der Waals surface area contributed by atoms with Crippen LogP contribution in [0.2, 0.25) is 0 Å². The second-order valence-electron chi connectivity index (χ2n) is 7.72. The molecule has 160 valence electrons. The highest BCUT2D eigenvalue weighted by atomic mass is 32.2. The lowest BCUT2D eigenvalue weighted by Gasteiger charge is -2.10. The molecule has 30 heavy (non-hydrogen) atoms. The quantitative estimate of drug-likeness (QED) is 0.558. The molecule has 9 heteroatoms. The van der Waals surface area contributed by atoms with Crippen LogP contribution in [0.25, 0.3) is 10.2 Å². The van der Waals surface area contributed by atoms with Gasteiger partial charge >= 0.3 is 0 Å². The zero-order valence-electron chi connectivity index (χ0n) is 17.5. The van der Waals surface area contributed by atoms with Gasteiger partial charge < -0.3 is 10.3 Å². The molecule has 4 rings (SSSR count). The Morgan fingerprint density at radius 2 is 1.93 bits per heavy atom. The lowest BCUT2D eigenvalue weighted by Crippen LogP contribution is -2.23. The maximum absolute atomic E-state index is 12.7. The van der Waals surface area contributed by atoms with Crippen molar-refractivity contribution >= 4 is 55.7 Å². The normalized spacial score (nSPS) is 15.4. The van der Waals surface area contributed by atoms with E-state index < -0.39 is 0 Å². The number of aromatic nitrogens is 3. The number of nitrogens with zero attached hydrogens (tertiary/aromatic N) is 2. The van der Waals surface area contributed by atoms with Crippen molar-refractivity contribution in [3.8, 4) is 0 Å². The number of rotatable bonds is 5. The van der Waals surface area contributed by atoms with Crippen LogP contribution in [0.4, 0.5) is 5.13 Å². The number of hydrogen-bond acceptors (Lipinski definition) is 7. The molecule has 1 atom stereocenters. The molecule has 1 amide bonds. The standard InChI is InChI=1S/C21H26N4O2S3/c1-11-12(2)29-20-17(11)19(27)23-16(24-20)10-28-13(3)18(26)25-21-22-14-8-6-4-5-7-9-15(14)30-21/h13H,4-10H2,1-3H3,(H,22,25,26)(H,23,24,27). The topological polar surface area (TPSA) is 87.7 Å². The number of thioether (sulfide) groups is 1. The first-order valence-electron chi connectivity index (χ1n) is 10.3. The lowest BCUT2D eigenvalue weighted by atomic mass is 10.0. The third-order valence-electron chi connectivity index (χ3n) is 5.50. The Bertz CT molecular complexity index is 1110. The number of aromatic amines is 1. The number of H-pyrrole nitrogens is 1. The molecule has 3 aromatic heterocycles. The summed E-state index contributed by atoms with van der Waals surface area (Å²) in [6, 6.07) is 0. The van der Waals surface area contributed by atoms with E-state index in [2.05, 4.69) is 20.3 Å². The molecule has 1 unspecified atom stereocenters. The van der Waals surface area contributed by atoms with E-state index in [4.69, 9.17) is 0 Å². The molecule has 3 heterocycles. The van der Waals surface area contributed by atoms with Gasteiger partial charge in [-0.15, -0.1) is 34.4 Å². The predicted octanol–water partition coefficient (Wildman–Crippen LogP) is 4.98. The fourth-order valence-electron chi connectivity index (χ4n) is 3.61. The summed E-state index contributed by atoms with van der Waals surface area (Å²) in [5.41, 5.74) is 2.05. The number of nitrogens with one attached hydrogen (secondary N) is 2. The number of anilines is 1. The molecule has 0 aliphatic heterocycles. The number of fused-ring (bicyclic) bond motifs is 2. The lowest BCUT2D eigenvalue weighted by molar-refractivity contribution is -0.115. The minimum Gasteiger partial charge on any atom is -0.309 e. The van der Waals surface area contributed by atoms with Crippen molar-refractivity contribution in [3.63, 3.8) is 0 Å². The second kappa shape index (κ2) is 9.20. The number of carbonyl (C=O) groups is 1. The number of aryl methyl sites for hydroxylation is 4. The first-order valence-corrected chi connectivity index (χ1v) is 13.0. The highest BCUT2D eigenvalue weighted by molar-refractivity contribution is 7.99. The number of hydrogen-bond donors (Lipinski definition) is 2. The van der Waals surface area contributed by atoms with Crippen molar-refractivity contribution in [1.29, 1.82) is 0 Å². The fraction of sp³-hybridized carbons (Fsp3) is 0.524. The summed E-state index contributed by atoms with van der Waals surface area (Å²) in [5, 5.41) is 4.09. The van der Waals surface area contributed by atoms with Crippen LogP contribution in [0, 0.1) is 13.8 Å². The summed E-state index contributed by atoms with van der Waals surface area (Å²) in [5.74, 6) is 1.02. The monoisotopic (exact) mass is 462 g/mol. The maximum Gasteiger partial charge on any atom is 0.259 e. The zero-order chi connectivity index (χ0) is 21.3. The van der Waals surface area contributed by atoms with Gasteiger partial charge in [0.25, 0.3) is 5.56 Å².